The first-order valence-corrected chi connectivity index (χ1v) is 10.00. The number of rotatable bonds is 8. The Morgan fingerprint density at radius 2 is 1.72 bits per heavy atom. The molecule has 0 amide bonds. The molecule has 0 fully saturated rings. The van der Waals surface area contributed by atoms with Crippen molar-refractivity contribution in [1.29, 1.82) is 0 Å². The molecule has 3 rings (SSSR count). The lowest BCUT2D eigenvalue weighted by Crippen LogP contribution is -2.13. The zero-order valence-electron chi connectivity index (χ0n) is 17.3. The maximum Gasteiger partial charge on any atom is 0.387 e. The van der Waals surface area contributed by atoms with Crippen LogP contribution in [0.3, 0.4) is 0 Å². The Hall–Kier alpha value is -3.45. The summed E-state index contributed by atoms with van der Waals surface area (Å²) in [6.45, 7) is 0.263. The summed E-state index contributed by atoms with van der Waals surface area (Å²) in [5.41, 5.74) is 3.27. The van der Waals surface area contributed by atoms with Crippen LogP contribution < -0.4 is 4.74 Å². The molecule has 0 N–H and O–H groups in total. The van der Waals surface area contributed by atoms with Crippen LogP contribution in [0.1, 0.15) is 27.3 Å². The van der Waals surface area contributed by atoms with E-state index in [0.29, 0.717) is 22.0 Å². The van der Waals surface area contributed by atoms with Gasteiger partial charge in [-0.25, -0.2) is 4.79 Å². The van der Waals surface area contributed by atoms with Gasteiger partial charge in [0.25, 0.3) is 0 Å². The topological polar surface area (TPSA) is 57.5 Å². The summed E-state index contributed by atoms with van der Waals surface area (Å²) >= 11 is 5.82. The van der Waals surface area contributed by atoms with Crippen molar-refractivity contribution < 1.29 is 27.8 Å². The number of esters is 1. The van der Waals surface area contributed by atoms with Crippen molar-refractivity contribution in [3.63, 3.8) is 0 Å². The second kappa shape index (κ2) is 10.2. The Morgan fingerprint density at radius 1 is 1.06 bits per heavy atom. The van der Waals surface area contributed by atoms with E-state index in [-0.39, 0.29) is 11.5 Å². The van der Waals surface area contributed by atoms with Crippen LogP contribution in [0.4, 0.5) is 8.78 Å². The minimum atomic E-state index is -2.90. The maximum atomic E-state index is 12.6. The van der Waals surface area contributed by atoms with E-state index in [2.05, 4.69) is 4.74 Å². The number of aromatic nitrogens is 1. The van der Waals surface area contributed by atoms with Gasteiger partial charge in [0.05, 0.1) is 0 Å². The molecule has 0 unspecified atom stereocenters. The average Bonchev–Trinajstić information content (AvgIpc) is 3.06. The fourth-order valence-electron chi connectivity index (χ4n) is 3.22. The SMILES string of the molecule is Cc1cc(C(=O)COC(=O)/C=C/c2ccc(Cl)cc2)c(C)n1-c1ccc(OC(F)F)cc1. The Kier molecular flexibility index (Phi) is 7.43. The predicted octanol–water partition coefficient (Wildman–Crippen LogP) is 5.79. The van der Waals surface area contributed by atoms with Crippen LogP contribution in [0.15, 0.2) is 60.7 Å². The van der Waals surface area contributed by atoms with E-state index < -0.39 is 19.2 Å². The monoisotopic (exact) mass is 459 g/mol. The number of nitrogens with zero attached hydrogens (tertiary/aromatic N) is 1. The highest BCUT2D eigenvalue weighted by Gasteiger charge is 2.18. The molecule has 0 saturated carbocycles. The Bertz CT molecular complexity index is 1140. The van der Waals surface area contributed by atoms with Gasteiger partial charge in [-0.1, -0.05) is 23.7 Å². The number of aryl methyl sites for hydroxylation is 1. The molecule has 166 valence electrons. The van der Waals surface area contributed by atoms with Gasteiger partial charge in [-0.15, -0.1) is 0 Å². The van der Waals surface area contributed by atoms with E-state index in [1.807, 2.05) is 11.5 Å². The van der Waals surface area contributed by atoms with Crippen molar-refractivity contribution in [2.75, 3.05) is 6.61 Å². The minimum absolute atomic E-state index is 0.0427. The molecule has 8 heteroatoms. The zero-order valence-corrected chi connectivity index (χ0v) is 18.1. The molecule has 1 heterocycles. The lowest BCUT2D eigenvalue weighted by atomic mass is 10.1. The molecule has 0 spiro atoms. The molecule has 3 aromatic rings. The largest absolute Gasteiger partial charge is 0.454 e. The van der Waals surface area contributed by atoms with Crippen molar-refractivity contribution in [1.82, 2.24) is 4.57 Å². The molecule has 0 atom stereocenters. The molecule has 0 saturated heterocycles. The summed E-state index contributed by atoms with van der Waals surface area (Å²) in [5.74, 6) is -0.951. The standard InChI is InChI=1S/C24H20ClF2NO4/c1-15-13-21(16(2)28(15)19-8-10-20(11-9-19)32-24(26)27)22(29)14-31-23(30)12-5-17-3-6-18(25)7-4-17/h3-13,24H,14H2,1-2H3/b12-5+. The smallest absolute Gasteiger partial charge is 0.387 e. The van der Waals surface area contributed by atoms with Crippen molar-refractivity contribution in [3.05, 3.63) is 88.2 Å². The number of halogens is 3. The first kappa shape index (κ1) is 23.2. The highest BCUT2D eigenvalue weighted by Crippen LogP contribution is 2.24. The fourth-order valence-corrected chi connectivity index (χ4v) is 3.35. The molecule has 0 bridgehead atoms. The molecule has 32 heavy (non-hydrogen) atoms. The summed E-state index contributed by atoms with van der Waals surface area (Å²) in [7, 11) is 0. The minimum Gasteiger partial charge on any atom is -0.454 e. The van der Waals surface area contributed by atoms with Gasteiger partial charge in [-0.05, 0) is 68.0 Å². The van der Waals surface area contributed by atoms with E-state index in [1.165, 1.54) is 18.2 Å². The first-order valence-electron chi connectivity index (χ1n) is 9.62. The Balaban J connectivity index is 1.66. The number of carbonyl (C=O) groups is 2. The molecule has 0 aliphatic rings. The summed E-state index contributed by atoms with van der Waals surface area (Å²) in [5, 5.41) is 0.588. The van der Waals surface area contributed by atoms with Gasteiger partial charge in [0.1, 0.15) is 5.75 Å². The number of alkyl halides is 2. The number of Topliss-reactive ketones (excluding diaryl/α,β-unsaturated/α-hetero) is 1. The number of hydrogen-bond donors (Lipinski definition) is 0. The fraction of sp³-hybridized carbons (Fsp3) is 0.167. The average molecular weight is 460 g/mol. The van der Waals surface area contributed by atoms with Crippen LogP contribution in [0.5, 0.6) is 5.75 Å². The lowest BCUT2D eigenvalue weighted by Gasteiger charge is -2.11. The van der Waals surface area contributed by atoms with Crippen molar-refractivity contribution >= 4 is 29.4 Å². The van der Waals surface area contributed by atoms with Gasteiger partial charge in [0.2, 0.25) is 5.78 Å². The van der Waals surface area contributed by atoms with Crippen LogP contribution in [-0.2, 0) is 9.53 Å². The van der Waals surface area contributed by atoms with E-state index in [4.69, 9.17) is 16.3 Å². The molecule has 1 aromatic heterocycles. The molecule has 0 aliphatic heterocycles. The van der Waals surface area contributed by atoms with Gasteiger partial charge in [-0.2, -0.15) is 8.78 Å². The van der Waals surface area contributed by atoms with E-state index in [0.717, 1.165) is 11.3 Å². The summed E-state index contributed by atoms with van der Waals surface area (Å²) in [6, 6.07) is 14.7. The van der Waals surface area contributed by atoms with Gasteiger partial charge in [0.15, 0.2) is 6.61 Å². The van der Waals surface area contributed by atoms with E-state index in [1.54, 1.807) is 55.5 Å². The summed E-state index contributed by atoms with van der Waals surface area (Å²) in [4.78, 5) is 24.6. The van der Waals surface area contributed by atoms with Crippen LogP contribution in [-0.4, -0.2) is 29.5 Å². The van der Waals surface area contributed by atoms with Crippen LogP contribution in [0.25, 0.3) is 11.8 Å². The van der Waals surface area contributed by atoms with E-state index >= 15 is 0 Å². The van der Waals surface area contributed by atoms with E-state index in [9.17, 15) is 18.4 Å². The molecule has 0 radical (unpaired) electrons. The number of hydrogen-bond acceptors (Lipinski definition) is 4. The molecule has 2 aromatic carbocycles. The summed E-state index contributed by atoms with van der Waals surface area (Å²) < 4.78 is 35.9. The molecule has 5 nitrogen and oxygen atoms in total. The number of ketones is 1. The van der Waals surface area contributed by atoms with Gasteiger partial charge >= 0.3 is 12.6 Å². The van der Waals surface area contributed by atoms with Gasteiger partial charge < -0.3 is 14.0 Å². The Morgan fingerprint density at radius 3 is 2.34 bits per heavy atom. The molecular formula is C24H20ClF2NO4. The first-order chi connectivity index (χ1) is 15.2. The third kappa shape index (κ3) is 5.82. The second-order valence-corrected chi connectivity index (χ2v) is 7.34. The second-order valence-electron chi connectivity index (χ2n) is 6.91. The van der Waals surface area contributed by atoms with Crippen molar-refractivity contribution in [3.8, 4) is 11.4 Å². The van der Waals surface area contributed by atoms with Crippen LogP contribution >= 0.6 is 11.6 Å². The van der Waals surface area contributed by atoms with Crippen molar-refractivity contribution in [2.45, 2.75) is 20.5 Å². The summed E-state index contributed by atoms with van der Waals surface area (Å²) in [6.07, 6.45) is 2.80. The predicted molar refractivity (Wildman–Crippen MR) is 118 cm³/mol. The molecular weight excluding hydrogens is 440 g/mol. The lowest BCUT2D eigenvalue weighted by molar-refractivity contribution is -0.136. The van der Waals surface area contributed by atoms with Gasteiger partial charge in [-0.3, -0.25) is 4.79 Å². The number of benzene rings is 2. The quantitative estimate of drug-likeness (QED) is 0.243. The van der Waals surface area contributed by atoms with Crippen molar-refractivity contribution in [2.24, 2.45) is 0 Å². The third-order valence-electron chi connectivity index (χ3n) is 4.68. The van der Waals surface area contributed by atoms with Gasteiger partial charge in [0, 0.05) is 33.7 Å². The maximum absolute atomic E-state index is 12.6. The normalized spacial score (nSPS) is 11.2. The number of ether oxygens (including phenoxy) is 2. The zero-order chi connectivity index (χ0) is 23.3. The molecule has 0 aliphatic carbocycles. The van der Waals surface area contributed by atoms with Crippen LogP contribution in [0.2, 0.25) is 5.02 Å². The third-order valence-corrected chi connectivity index (χ3v) is 4.93. The highest BCUT2D eigenvalue weighted by molar-refractivity contribution is 6.30. The highest BCUT2D eigenvalue weighted by atomic mass is 35.5. The Labute approximate surface area is 188 Å². The number of carbonyl (C=O) groups excluding carboxylic acids is 2. The van der Waals surface area contributed by atoms with Crippen LogP contribution in [0, 0.1) is 13.8 Å².